The third-order valence-corrected chi connectivity index (χ3v) is 5.53. The zero-order chi connectivity index (χ0) is 13.1. The van der Waals surface area contributed by atoms with Crippen LogP contribution >= 0.6 is 0 Å². The molecule has 1 saturated heterocycles. The van der Waals surface area contributed by atoms with E-state index in [2.05, 4.69) is 18.7 Å². The van der Waals surface area contributed by atoms with E-state index in [1.54, 1.807) is 4.31 Å². The molecule has 0 bridgehead atoms. The van der Waals surface area contributed by atoms with Crippen LogP contribution in [0.25, 0.3) is 0 Å². The molecule has 0 aromatic heterocycles. The first kappa shape index (κ1) is 14.9. The fraction of sp³-hybridized carbons (Fsp3) is 1.00. The van der Waals surface area contributed by atoms with Gasteiger partial charge in [0.25, 0.3) is 0 Å². The van der Waals surface area contributed by atoms with Crippen LogP contribution in [0.3, 0.4) is 0 Å². The van der Waals surface area contributed by atoms with E-state index >= 15 is 0 Å². The van der Waals surface area contributed by atoms with Crippen molar-refractivity contribution in [1.82, 2.24) is 9.21 Å². The van der Waals surface area contributed by atoms with Gasteiger partial charge in [-0.3, -0.25) is 4.90 Å². The first-order chi connectivity index (χ1) is 7.83. The maximum atomic E-state index is 11.9. The number of hydrogen-bond acceptors (Lipinski definition) is 4. The smallest absolute Gasteiger partial charge is 0.214 e. The second-order valence-corrected chi connectivity index (χ2v) is 7.31. The standard InChI is InChI=1S/C11H25N3O2S/c1-4-9-17(15,16)14-7-5-13(6-8-14)11(2,3)10-12/h4-10,12H2,1-3H3. The summed E-state index contributed by atoms with van der Waals surface area (Å²) < 4.78 is 25.4. The van der Waals surface area contributed by atoms with Gasteiger partial charge < -0.3 is 5.73 Å². The maximum absolute atomic E-state index is 11.9. The Kier molecular flexibility index (Phi) is 4.95. The fourth-order valence-electron chi connectivity index (χ4n) is 2.09. The van der Waals surface area contributed by atoms with Crippen molar-refractivity contribution in [3.05, 3.63) is 0 Å². The lowest BCUT2D eigenvalue weighted by atomic mass is 10.0. The summed E-state index contributed by atoms with van der Waals surface area (Å²) in [5.74, 6) is 0.257. The molecular formula is C11H25N3O2S. The summed E-state index contributed by atoms with van der Waals surface area (Å²) in [6.45, 7) is 9.41. The molecule has 0 aromatic rings. The zero-order valence-corrected chi connectivity index (χ0v) is 12.0. The minimum atomic E-state index is -3.03. The van der Waals surface area contributed by atoms with Crippen LogP contribution in [0.15, 0.2) is 0 Å². The fourth-order valence-corrected chi connectivity index (χ4v) is 3.58. The lowest BCUT2D eigenvalue weighted by Gasteiger charge is -2.43. The van der Waals surface area contributed by atoms with Crippen molar-refractivity contribution in [3.8, 4) is 0 Å². The molecule has 0 atom stereocenters. The van der Waals surface area contributed by atoms with Crippen LogP contribution in [0.5, 0.6) is 0 Å². The van der Waals surface area contributed by atoms with Gasteiger partial charge >= 0.3 is 0 Å². The quantitative estimate of drug-likeness (QED) is 0.763. The summed E-state index contributed by atoms with van der Waals surface area (Å²) in [5.41, 5.74) is 5.69. The Morgan fingerprint density at radius 2 is 1.71 bits per heavy atom. The normalized spacial score (nSPS) is 20.7. The average Bonchev–Trinajstić information content (AvgIpc) is 2.29. The molecule has 5 nitrogen and oxygen atoms in total. The number of piperazine rings is 1. The van der Waals surface area contributed by atoms with Crippen LogP contribution in [0, 0.1) is 0 Å². The molecule has 0 saturated carbocycles. The van der Waals surface area contributed by atoms with Crippen molar-refractivity contribution in [2.24, 2.45) is 5.73 Å². The van der Waals surface area contributed by atoms with E-state index in [1.807, 2.05) is 6.92 Å². The van der Waals surface area contributed by atoms with E-state index in [4.69, 9.17) is 5.73 Å². The van der Waals surface area contributed by atoms with Gasteiger partial charge in [0.1, 0.15) is 0 Å². The molecule has 0 unspecified atom stereocenters. The molecule has 6 heteroatoms. The van der Waals surface area contributed by atoms with Crippen molar-refractivity contribution in [1.29, 1.82) is 0 Å². The topological polar surface area (TPSA) is 66.6 Å². The molecular weight excluding hydrogens is 238 g/mol. The van der Waals surface area contributed by atoms with Crippen molar-refractivity contribution >= 4 is 10.0 Å². The molecule has 1 aliphatic heterocycles. The minimum Gasteiger partial charge on any atom is -0.329 e. The average molecular weight is 263 g/mol. The highest BCUT2D eigenvalue weighted by atomic mass is 32.2. The maximum Gasteiger partial charge on any atom is 0.214 e. The predicted molar refractivity (Wildman–Crippen MR) is 70.4 cm³/mol. The first-order valence-corrected chi connectivity index (χ1v) is 7.87. The molecule has 102 valence electrons. The molecule has 1 fully saturated rings. The third-order valence-electron chi connectivity index (χ3n) is 3.45. The van der Waals surface area contributed by atoms with Gasteiger partial charge in [0.2, 0.25) is 10.0 Å². The van der Waals surface area contributed by atoms with E-state index in [1.165, 1.54) is 0 Å². The molecule has 17 heavy (non-hydrogen) atoms. The van der Waals surface area contributed by atoms with E-state index < -0.39 is 10.0 Å². The van der Waals surface area contributed by atoms with Crippen molar-refractivity contribution in [2.45, 2.75) is 32.7 Å². The van der Waals surface area contributed by atoms with Crippen LogP contribution in [-0.2, 0) is 10.0 Å². The number of sulfonamides is 1. The monoisotopic (exact) mass is 263 g/mol. The molecule has 0 aliphatic carbocycles. The predicted octanol–water partition coefficient (Wildman–Crippen LogP) is 0.0811. The molecule has 0 aromatic carbocycles. The SMILES string of the molecule is CCCS(=O)(=O)N1CCN(C(C)(C)CN)CC1. The highest BCUT2D eigenvalue weighted by Gasteiger charge is 2.32. The van der Waals surface area contributed by atoms with Crippen LogP contribution in [0.4, 0.5) is 0 Å². The summed E-state index contributed by atoms with van der Waals surface area (Å²) in [5, 5.41) is 0. The number of nitrogens with two attached hydrogens (primary N) is 1. The summed E-state index contributed by atoms with van der Waals surface area (Å²) >= 11 is 0. The molecule has 0 spiro atoms. The van der Waals surface area contributed by atoms with Gasteiger partial charge in [-0.1, -0.05) is 6.92 Å². The summed E-state index contributed by atoms with van der Waals surface area (Å²) in [6, 6.07) is 0. The Labute approximate surface area is 105 Å². The molecule has 0 amide bonds. The van der Waals surface area contributed by atoms with Crippen molar-refractivity contribution in [3.63, 3.8) is 0 Å². The van der Waals surface area contributed by atoms with E-state index in [9.17, 15) is 8.42 Å². The largest absolute Gasteiger partial charge is 0.329 e. The van der Waals surface area contributed by atoms with Crippen LogP contribution in [0.1, 0.15) is 27.2 Å². The summed E-state index contributed by atoms with van der Waals surface area (Å²) in [6.07, 6.45) is 0.677. The van der Waals surface area contributed by atoms with Gasteiger partial charge in [-0.15, -0.1) is 0 Å². The lowest BCUT2D eigenvalue weighted by molar-refractivity contribution is 0.0850. The number of rotatable bonds is 5. The summed E-state index contributed by atoms with van der Waals surface area (Å²) in [7, 11) is -3.03. The molecule has 1 heterocycles. The van der Waals surface area contributed by atoms with Gasteiger partial charge in [-0.05, 0) is 20.3 Å². The minimum absolute atomic E-state index is 0.0411. The van der Waals surface area contributed by atoms with Gasteiger partial charge in [0, 0.05) is 38.3 Å². The van der Waals surface area contributed by atoms with E-state index in [0.717, 1.165) is 13.1 Å². The molecule has 0 radical (unpaired) electrons. The van der Waals surface area contributed by atoms with Gasteiger partial charge in [0.15, 0.2) is 0 Å². The Morgan fingerprint density at radius 1 is 1.18 bits per heavy atom. The highest BCUT2D eigenvalue weighted by Crippen LogP contribution is 2.17. The second kappa shape index (κ2) is 5.65. The van der Waals surface area contributed by atoms with Crippen molar-refractivity contribution in [2.75, 3.05) is 38.5 Å². The Morgan fingerprint density at radius 3 is 2.12 bits per heavy atom. The Hall–Kier alpha value is -0.170. The van der Waals surface area contributed by atoms with E-state index in [-0.39, 0.29) is 11.3 Å². The molecule has 2 N–H and O–H groups in total. The van der Waals surface area contributed by atoms with Gasteiger partial charge in [-0.25, -0.2) is 8.42 Å². The van der Waals surface area contributed by atoms with Crippen molar-refractivity contribution < 1.29 is 8.42 Å². The molecule has 1 rings (SSSR count). The molecule has 1 aliphatic rings. The van der Waals surface area contributed by atoms with Gasteiger partial charge in [-0.2, -0.15) is 4.31 Å². The first-order valence-electron chi connectivity index (χ1n) is 6.26. The second-order valence-electron chi connectivity index (χ2n) is 5.22. The zero-order valence-electron chi connectivity index (χ0n) is 11.1. The van der Waals surface area contributed by atoms with E-state index in [0.29, 0.717) is 26.1 Å². The highest BCUT2D eigenvalue weighted by molar-refractivity contribution is 7.89. The number of hydrogen-bond donors (Lipinski definition) is 1. The van der Waals surface area contributed by atoms with Gasteiger partial charge in [0.05, 0.1) is 5.75 Å². The van der Waals surface area contributed by atoms with Crippen LogP contribution in [0.2, 0.25) is 0 Å². The van der Waals surface area contributed by atoms with Crippen LogP contribution < -0.4 is 5.73 Å². The summed E-state index contributed by atoms with van der Waals surface area (Å²) in [4.78, 5) is 2.27. The van der Waals surface area contributed by atoms with Crippen LogP contribution in [-0.4, -0.2) is 61.6 Å². The Balaban J connectivity index is 2.57. The lowest BCUT2D eigenvalue weighted by Crippen LogP contribution is -2.58. The Bertz CT molecular complexity index is 333. The third kappa shape index (κ3) is 3.64. The number of nitrogens with zero attached hydrogens (tertiary/aromatic N) is 2.